The third-order valence-corrected chi connectivity index (χ3v) is 6.55. The summed E-state index contributed by atoms with van der Waals surface area (Å²) < 4.78 is 119. The number of ether oxygens (including phenoxy) is 1. The second kappa shape index (κ2) is 9.29. The first kappa shape index (κ1) is 26.7. The Morgan fingerprint density at radius 2 is 1.56 bits per heavy atom. The maximum Gasteiger partial charge on any atom is 0.434 e. The fourth-order valence-electron chi connectivity index (χ4n) is 4.52. The molecule has 1 amide bonds. The van der Waals surface area contributed by atoms with E-state index in [1.54, 1.807) is 0 Å². The van der Waals surface area contributed by atoms with Gasteiger partial charge in [-0.1, -0.05) is 17.7 Å². The number of amides is 1. The monoisotopic (exact) mass is 526 g/mol. The molecule has 2 heterocycles. The van der Waals surface area contributed by atoms with Gasteiger partial charge in [0.25, 0.3) is 6.10 Å². The Bertz CT molecular complexity index is 880. The lowest BCUT2D eigenvalue weighted by Crippen LogP contribution is -2.54. The van der Waals surface area contributed by atoms with Crippen LogP contribution in [0.15, 0.2) is 18.2 Å². The fraction of sp³-hybridized carbons (Fsp3) is 0.650. The van der Waals surface area contributed by atoms with E-state index in [9.17, 15) is 44.3 Å². The number of hydrogen-bond donors (Lipinski definition) is 0. The van der Waals surface area contributed by atoms with E-state index in [4.69, 9.17) is 11.6 Å². The van der Waals surface area contributed by atoms with Gasteiger partial charge >= 0.3 is 24.6 Å². The van der Waals surface area contributed by atoms with Crippen LogP contribution in [0.5, 0.6) is 0 Å². The van der Waals surface area contributed by atoms with Gasteiger partial charge in [0.1, 0.15) is 0 Å². The van der Waals surface area contributed by atoms with Gasteiger partial charge in [-0.15, -0.1) is 0 Å². The zero-order valence-corrected chi connectivity index (χ0v) is 18.2. The number of likely N-dealkylation sites (tertiary alicyclic amines) is 2. The second-order valence-electron chi connectivity index (χ2n) is 8.40. The molecule has 0 radical (unpaired) electrons. The number of carbonyl (C=O) groups is 1. The lowest BCUT2D eigenvalue weighted by molar-refractivity contribution is -0.308. The number of rotatable bonds is 3. The first-order valence-corrected chi connectivity index (χ1v) is 10.6. The molecule has 1 aromatic carbocycles. The van der Waals surface area contributed by atoms with Crippen molar-refractivity contribution in [3.63, 3.8) is 0 Å². The smallest absolute Gasteiger partial charge is 0.426 e. The number of piperidine rings is 1. The van der Waals surface area contributed by atoms with E-state index in [2.05, 4.69) is 4.74 Å². The van der Waals surface area contributed by atoms with Crippen molar-refractivity contribution in [3.8, 4) is 0 Å². The molecule has 14 heteroatoms. The third-order valence-electron chi connectivity index (χ3n) is 6.22. The van der Waals surface area contributed by atoms with Crippen LogP contribution in [0.2, 0.25) is 5.02 Å². The van der Waals surface area contributed by atoms with Crippen LogP contribution in [0.1, 0.15) is 36.8 Å². The molecule has 192 valence electrons. The largest absolute Gasteiger partial charge is 0.434 e. The molecule has 0 atom stereocenters. The van der Waals surface area contributed by atoms with Crippen LogP contribution in [0.4, 0.5) is 44.3 Å². The van der Waals surface area contributed by atoms with Crippen molar-refractivity contribution in [2.75, 3.05) is 19.6 Å². The number of benzene rings is 1. The standard InChI is InChI=1S/C20H20ClF9N2O2/c21-14-3-2-12(10-13(14)18(22,23)24)11-32-7-1-4-17(32)5-8-31(9-6-17)16(33)34-15(19(25,26)27)20(28,29)30/h2-3,10,15H,1,4-9,11H2. The minimum atomic E-state index is -5.80. The van der Waals surface area contributed by atoms with Crippen molar-refractivity contribution in [1.29, 1.82) is 0 Å². The topological polar surface area (TPSA) is 32.8 Å². The van der Waals surface area contributed by atoms with Crippen LogP contribution in [0.25, 0.3) is 0 Å². The molecule has 2 aliphatic rings. The Labute approximate surface area is 193 Å². The van der Waals surface area contributed by atoms with Crippen LogP contribution in [0.3, 0.4) is 0 Å². The summed E-state index contributed by atoms with van der Waals surface area (Å²) in [6.07, 6.45) is -20.4. The Kier molecular flexibility index (Phi) is 7.30. The number of halogens is 10. The Hall–Kier alpha value is -1.89. The normalized spacial score (nSPS) is 19.8. The van der Waals surface area contributed by atoms with Crippen LogP contribution in [0, 0.1) is 0 Å². The molecule has 4 nitrogen and oxygen atoms in total. The highest BCUT2D eigenvalue weighted by Gasteiger charge is 2.60. The minimum absolute atomic E-state index is 0.147. The van der Waals surface area contributed by atoms with E-state index in [0.717, 1.165) is 17.0 Å². The van der Waals surface area contributed by atoms with Gasteiger partial charge < -0.3 is 9.64 Å². The highest BCUT2D eigenvalue weighted by molar-refractivity contribution is 6.31. The molecular formula is C20H20ClF9N2O2. The molecule has 34 heavy (non-hydrogen) atoms. The van der Waals surface area contributed by atoms with Crippen molar-refractivity contribution in [3.05, 3.63) is 34.3 Å². The summed E-state index contributed by atoms with van der Waals surface area (Å²) in [6, 6.07) is 3.57. The van der Waals surface area contributed by atoms with Crippen molar-refractivity contribution in [1.82, 2.24) is 9.80 Å². The number of hydrogen-bond acceptors (Lipinski definition) is 3. The van der Waals surface area contributed by atoms with E-state index in [-0.39, 0.29) is 32.5 Å². The van der Waals surface area contributed by atoms with E-state index >= 15 is 0 Å². The average Bonchev–Trinajstić information content (AvgIpc) is 3.07. The van der Waals surface area contributed by atoms with Gasteiger partial charge in [-0.2, -0.15) is 39.5 Å². The van der Waals surface area contributed by atoms with Gasteiger partial charge in [0.2, 0.25) is 0 Å². The molecule has 2 aliphatic heterocycles. The highest BCUT2D eigenvalue weighted by Crippen LogP contribution is 2.41. The van der Waals surface area contributed by atoms with Crippen molar-refractivity contribution >= 4 is 17.7 Å². The molecule has 0 N–H and O–H groups in total. The molecule has 3 rings (SSSR count). The Morgan fingerprint density at radius 1 is 0.971 bits per heavy atom. The predicted octanol–water partition coefficient (Wildman–Crippen LogP) is 6.42. The summed E-state index contributed by atoms with van der Waals surface area (Å²) in [6.45, 7) is 0.395. The van der Waals surface area contributed by atoms with E-state index in [0.29, 0.717) is 24.9 Å². The predicted molar refractivity (Wildman–Crippen MR) is 102 cm³/mol. The lowest BCUT2D eigenvalue weighted by Gasteiger charge is -2.45. The summed E-state index contributed by atoms with van der Waals surface area (Å²) in [5.74, 6) is 0. The lowest BCUT2D eigenvalue weighted by atomic mass is 9.85. The molecule has 0 aromatic heterocycles. The quantitative estimate of drug-likeness (QED) is 0.426. The van der Waals surface area contributed by atoms with Gasteiger partial charge in [0.05, 0.1) is 10.6 Å². The van der Waals surface area contributed by atoms with Gasteiger partial charge in [-0.3, -0.25) is 4.90 Å². The molecule has 1 spiro atoms. The van der Waals surface area contributed by atoms with Gasteiger partial charge in [0.15, 0.2) is 0 Å². The van der Waals surface area contributed by atoms with E-state index in [1.165, 1.54) is 6.07 Å². The van der Waals surface area contributed by atoms with Gasteiger partial charge in [-0.05, 0) is 49.9 Å². The summed E-state index contributed by atoms with van der Waals surface area (Å²) in [4.78, 5) is 14.7. The number of nitrogens with zero attached hydrogens (tertiary/aromatic N) is 2. The summed E-state index contributed by atoms with van der Waals surface area (Å²) >= 11 is 5.65. The first-order chi connectivity index (χ1) is 15.5. The SMILES string of the molecule is O=C(OC(C(F)(F)F)C(F)(F)F)N1CCC2(CCCN2Cc2ccc(Cl)c(C(F)(F)F)c2)CC1. The molecule has 1 aromatic rings. The van der Waals surface area contributed by atoms with Crippen LogP contribution in [-0.4, -0.2) is 59.5 Å². The maximum atomic E-state index is 13.2. The fourth-order valence-corrected chi connectivity index (χ4v) is 4.74. The average molecular weight is 527 g/mol. The molecule has 0 unspecified atom stereocenters. The molecule has 0 bridgehead atoms. The number of carbonyl (C=O) groups excluding carboxylic acids is 1. The molecule has 0 saturated carbocycles. The first-order valence-electron chi connectivity index (χ1n) is 10.2. The molecule has 2 saturated heterocycles. The van der Waals surface area contributed by atoms with Crippen molar-refractivity contribution < 1.29 is 49.0 Å². The Balaban J connectivity index is 1.67. The van der Waals surface area contributed by atoms with E-state index in [1.807, 2.05) is 4.90 Å². The Morgan fingerprint density at radius 3 is 2.09 bits per heavy atom. The molecule has 0 aliphatic carbocycles. The van der Waals surface area contributed by atoms with Crippen LogP contribution >= 0.6 is 11.6 Å². The maximum absolute atomic E-state index is 13.2. The molecule has 2 fully saturated rings. The van der Waals surface area contributed by atoms with E-state index < -0.39 is 46.9 Å². The zero-order chi connectivity index (χ0) is 25.5. The van der Waals surface area contributed by atoms with Gasteiger partial charge in [0, 0.05) is 25.2 Å². The van der Waals surface area contributed by atoms with Crippen LogP contribution in [-0.2, 0) is 17.5 Å². The minimum Gasteiger partial charge on any atom is -0.426 e. The second-order valence-corrected chi connectivity index (χ2v) is 8.80. The summed E-state index contributed by atoms with van der Waals surface area (Å²) in [7, 11) is 0. The van der Waals surface area contributed by atoms with Gasteiger partial charge in [-0.25, -0.2) is 4.79 Å². The van der Waals surface area contributed by atoms with Crippen molar-refractivity contribution in [2.24, 2.45) is 0 Å². The van der Waals surface area contributed by atoms with Crippen molar-refractivity contribution in [2.45, 2.75) is 62.4 Å². The summed E-state index contributed by atoms with van der Waals surface area (Å²) in [5, 5.41) is -0.435. The van der Waals surface area contributed by atoms with Crippen LogP contribution < -0.4 is 0 Å². The zero-order valence-electron chi connectivity index (χ0n) is 17.5. The number of alkyl halides is 9. The third kappa shape index (κ3) is 5.84. The highest BCUT2D eigenvalue weighted by atomic mass is 35.5. The molecular weight excluding hydrogens is 507 g/mol. The summed E-state index contributed by atoms with van der Waals surface area (Å²) in [5.41, 5.74) is -1.15.